The van der Waals surface area contributed by atoms with Gasteiger partial charge in [-0.3, -0.25) is 4.79 Å². The SMILES string of the molecule is CCOC(=O)Oc1cc(CC(=O)O)ccc1OC. The van der Waals surface area contributed by atoms with Crippen molar-refractivity contribution in [1.82, 2.24) is 0 Å². The second-order valence-electron chi connectivity index (χ2n) is 3.34. The van der Waals surface area contributed by atoms with Crippen molar-refractivity contribution < 1.29 is 28.9 Å². The lowest BCUT2D eigenvalue weighted by atomic mass is 10.1. The van der Waals surface area contributed by atoms with Crippen LogP contribution in [0.25, 0.3) is 0 Å². The van der Waals surface area contributed by atoms with E-state index in [0.29, 0.717) is 11.3 Å². The molecule has 0 amide bonds. The van der Waals surface area contributed by atoms with E-state index < -0.39 is 12.1 Å². The lowest BCUT2D eigenvalue weighted by molar-refractivity contribution is -0.136. The van der Waals surface area contributed by atoms with E-state index in [4.69, 9.17) is 14.6 Å². The van der Waals surface area contributed by atoms with Crippen LogP contribution in [0.2, 0.25) is 0 Å². The number of carboxylic acids is 1. The maximum atomic E-state index is 11.2. The first kappa shape index (κ1) is 13.8. The molecule has 0 aliphatic carbocycles. The maximum absolute atomic E-state index is 11.2. The van der Waals surface area contributed by atoms with E-state index in [1.165, 1.54) is 19.2 Å². The Balaban J connectivity index is 2.91. The molecule has 0 radical (unpaired) electrons. The number of benzene rings is 1. The van der Waals surface area contributed by atoms with Gasteiger partial charge in [0.1, 0.15) is 0 Å². The van der Waals surface area contributed by atoms with E-state index in [9.17, 15) is 9.59 Å². The summed E-state index contributed by atoms with van der Waals surface area (Å²) in [4.78, 5) is 21.8. The third-order valence-electron chi connectivity index (χ3n) is 2.04. The molecule has 0 aliphatic rings. The molecule has 0 fully saturated rings. The summed E-state index contributed by atoms with van der Waals surface area (Å²) >= 11 is 0. The van der Waals surface area contributed by atoms with Gasteiger partial charge in [0.15, 0.2) is 11.5 Å². The summed E-state index contributed by atoms with van der Waals surface area (Å²) in [6.45, 7) is 1.84. The van der Waals surface area contributed by atoms with Gasteiger partial charge >= 0.3 is 12.1 Å². The minimum atomic E-state index is -0.970. The number of ether oxygens (including phenoxy) is 3. The van der Waals surface area contributed by atoms with Gasteiger partial charge in [-0.25, -0.2) is 4.79 Å². The predicted molar refractivity (Wildman–Crippen MR) is 62.0 cm³/mol. The van der Waals surface area contributed by atoms with Gasteiger partial charge in [-0.2, -0.15) is 0 Å². The van der Waals surface area contributed by atoms with Crippen molar-refractivity contribution in [3.63, 3.8) is 0 Å². The molecule has 98 valence electrons. The Morgan fingerprint density at radius 3 is 2.56 bits per heavy atom. The van der Waals surface area contributed by atoms with E-state index in [1.807, 2.05) is 0 Å². The van der Waals surface area contributed by atoms with Crippen LogP contribution in [0.3, 0.4) is 0 Å². The molecule has 6 nitrogen and oxygen atoms in total. The van der Waals surface area contributed by atoms with Crippen LogP contribution in [-0.4, -0.2) is 30.9 Å². The zero-order chi connectivity index (χ0) is 13.5. The van der Waals surface area contributed by atoms with Crippen LogP contribution in [0.4, 0.5) is 4.79 Å². The number of rotatable bonds is 5. The first-order valence-electron chi connectivity index (χ1n) is 5.30. The van der Waals surface area contributed by atoms with Crippen molar-refractivity contribution in [3.8, 4) is 11.5 Å². The third kappa shape index (κ3) is 3.97. The summed E-state index contributed by atoms with van der Waals surface area (Å²) in [7, 11) is 1.42. The maximum Gasteiger partial charge on any atom is 0.513 e. The van der Waals surface area contributed by atoms with Gasteiger partial charge in [0.2, 0.25) is 0 Å². The minimum absolute atomic E-state index is 0.134. The molecular formula is C12H14O6. The molecule has 1 rings (SSSR count). The zero-order valence-electron chi connectivity index (χ0n) is 10.1. The van der Waals surface area contributed by atoms with Gasteiger partial charge in [0, 0.05) is 0 Å². The molecule has 18 heavy (non-hydrogen) atoms. The molecule has 0 saturated heterocycles. The van der Waals surface area contributed by atoms with E-state index in [-0.39, 0.29) is 18.8 Å². The largest absolute Gasteiger partial charge is 0.513 e. The highest BCUT2D eigenvalue weighted by Crippen LogP contribution is 2.28. The number of aliphatic carboxylic acids is 1. The highest BCUT2D eigenvalue weighted by atomic mass is 16.7. The Kier molecular flexibility index (Phi) is 4.98. The van der Waals surface area contributed by atoms with Crippen LogP contribution in [0, 0.1) is 0 Å². The summed E-state index contributed by atoms with van der Waals surface area (Å²) in [5.41, 5.74) is 0.502. The van der Waals surface area contributed by atoms with Crippen LogP contribution >= 0.6 is 0 Å². The highest BCUT2D eigenvalue weighted by Gasteiger charge is 2.12. The molecule has 1 N–H and O–H groups in total. The van der Waals surface area contributed by atoms with Gasteiger partial charge in [-0.05, 0) is 24.6 Å². The molecule has 0 unspecified atom stereocenters. The summed E-state index contributed by atoms with van der Waals surface area (Å²) < 4.78 is 14.6. The number of hydrogen-bond donors (Lipinski definition) is 1. The molecule has 0 bridgehead atoms. The van der Waals surface area contributed by atoms with E-state index in [2.05, 4.69) is 4.74 Å². The third-order valence-corrected chi connectivity index (χ3v) is 2.04. The standard InChI is InChI=1S/C12H14O6/c1-3-17-12(15)18-10-6-8(7-11(13)14)4-5-9(10)16-2/h4-6H,3,7H2,1-2H3,(H,13,14). The van der Waals surface area contributed by atoms with E-state index >= 15 is 0 Å². The van der Waals surface area contributed by atoms with Crippen molar-refractivity contribution in [2.45, 2.75) is 13.3 Å². The molecule has 0 heterocycles. The molecule has 6 heteroatoms. The second kappa shape index (κ2) is 6.48. The Bertz CT molecular complexity index is 440. The van der Waals surface area contributed by atoms with Crippen molar-refractivity contribution >= 4 is 12.1 Å². The van der Waals surface area contributed by atoms with Gasteiger partial charge in [-0.15, -0.1) is 0 Å². The Morgan fingerprint density at radius 2 is 2.00 bits per heavy atom. The van der Waals surface area contributed by atoms with Crippen LogP contribution in [-0.2, 0) is 16.0 Å². The van der Waals surface area contributed by atoms with Crippen molar-refractivity contribution in [2.24, 2.45) is 0 Å². The molecule has 0 spiro atoms. The average Bonchev–Trinajstić information content (AvgIpc) is 2.28. The Labute approximate surface area is 104 Å². The number of hydrogen-bond acceptors (Lipinski definition) is 5. The lowest BCUT2D eigenvalue weighted by Crippen LogP contribution is -2.11. The Hall–Kier alpha value is -2.24. The number of carbonyl (C=O) groups excluding carboxylic acids is 1. The molecule has 1 aromatic carbocycles. The van der Waals surface area contributed by atoms with E-state index in [1.54, 1.807) is 13.0 Å². The minimum Gasteiger partial charge on any atom is -0.493 e. The fourth-order valence-corrected chi connectivity index (χ4v) is 1.32. The normalized spacial score (nSPS) is 9.67. The van der Waals surface area contributed by atoms with Gasteiger partial charge in [-0.1, -0.05) is 6.07 Å². The summed E-state index contributed by atoms with van der Waals surface area (Å²) in [6, 6.07) is 4.56. The summed E-state index contributed by atoms with van der Waals surface area (Å²) in [5, 5.41) is 8.69. The fourth-order valence-electron chi connectivity index (χ4n) is 1.32. The Morgan fingerprint density at radius 1 is 1.28 bits per heavy atom. The predicted octanol–water partition coefficient (Wildman–Crippen LogP) is 1.86. The lowest BCUT2D eigenvalue weighted by Gasteiger charge is -2.10. The number of carboxylic acid groups (broad SMARTS) is 1. The molecular weight excluding hydrogens is 240 g/mol. The monoisotopic (exact) mass is 254 g/mol. The van der Waals surface area contributed by atoms with Crippen molar-refractivity contribution in [1.29, 1.82) is 0 Å². The molecule has 0 aliphatic heterocycles. The topological polar surface area (TPSA) is 82.1 Å². The van der Waals surface area contributed by atoms with Crippen molar-refractivity contribution in [3.05, 3.63) is 23.8 Å². The van der Waals surface area contributed by atoms with Crippen molar-refractivity contribution in [2.75, 3.05) is 13.7 Å². The van der Waals surface area contributed by atoms with E-state index in [0.717, 1.165) is 0 Å². The van der Waals surface area contributed by atoms with Gasteiger partial charge < -0.3 is 19.3 Å². The van der Waals surface area contributed by atoms with Crippen LogP contribution in [0.5, 0.6) is 11.5 Å². The number of methoxy groups -OCH3 is 1. The number of carbonyl (C=O) groups is 2. The average molecular weight is 254 g/mol. The molecule has 0 aromatic heterocycles. The smallest absolute Gasteiger partial charge is 0.493 e. The molecule has 0 saturated carbocycles. The molecule has 1 aromatic rings. The zero-order valence-corrected chi connectivity index (χ0v) is 10.1. The van der Waals surface area contributed by atoms with Gasteiger partial charge in [0.05, 0.1) is 20.1 Å². The fraction of sp³-hybridized carbons (Fsp3) is 0.333. The summed E-state index contributed by atoms with van der Waals surface area (Å²) in [5.74, 6) is -0.505. The van der Waals surface area contributed by atoms with Gasteiger partial charge in [0.25, 0.3) is 0 Å². The molecule has 0 atom stereocenters. The highest BCUT2D eigenvalue weighted by molar-refractivity contribution is 5.71. The first-order valence-corrected chi connectivity index (χ1v) is 5.30. The quantitative estimate of drug-likeness (QED) is 0.638. The van der Waals surface area contributed by atoms with Crippen LogP contribution in [0.15, 0.2) is 18.2 Å². The second-order valence-corrected chi connectivity index (χ2v) is 3.34. The van der Waals surface area contributed by atoms with Crippen LogP contribution < -0.4 is 9.47 Å². The summed E-state index contributed by atoms with van der Waals surface area (Å²) in [6.07, 6.45) is -1.02. The van der Waals surface area contributed by atoms with Crippen LogP contribution in [0.1, 0.15) is 12.5 Å². The first-order chi connectivity index (χ1) is 8.56.